The number of hydrogen-bond acceptors (Lipinski definition) is 2. The largest absolute Gasteiger partial charge is 0.444 e. The van der Waals surface area contributed by atoms with Gasteiger partial charge in [0.1, 0.15) is 17.2 Å². The third kappa shape index (κ3) is 3.39. The van der Waals surface area contributed by atoms with Crippen LogP contribution in [0.25, 0.3) is 0 Å². The lowest BCUT2D eigenvalue weighted by atomic mass is 10.0. The molecule has 2 rings (SSSR count). The summed E-state index contributed by atoms with van der Waals surface area (Å²) >= 11 is 0. The maximum atomic E-state index is 14.1. The minimum Gasteiger partial charge on any atom is -0.444 e. The Morgan fingerprint density at radius 2 is 1.95 bits per heavy atom. The number of likely N-dealkylation sites (tertiary alicyclic amines) is 1. The van der Waals surface area contributed by atoms with Crippen molar-refractivity contribution in [1.82, 2.24) is 4.90 Å². The maximum absolute atomic E-state index is 14.1. The number of benzene rings is 1. The van der Waals surface area contributed by atoms with E-state index in [-0.39, 0.29) is 5.56 Å². The molecule has 0 radical (unpaired) electrons. The van der Waals surface area contributed by atoms with Crippen LogP contribution >= 0.6 is 0 Å². The van der Waals surface area contributed by atoms with E-state index in [9.17, 15) is 13.6 Å². The molecular weight excluding hydrogens is 288 g/mol. The molecule has 0 saturated carbocycles. The SMILES string of the molecule is CC(C)(C)OC(=O)N1[C@@H](c2cc(F)ccc2F)CCC1(C)C. The molecule has 22 heavy (non-hydrogen) atoms. The first-order valence-electron chi connectivity index (χ1n) is 7.48. The van der Waals surface area contributed by atoms with Crippen molar-refractivity contribution in [2.45, 2.75) is 64.6 Å². The molecule has 1 fully saturated rings. The van der Waals surface area contributed by atoms with Gasteiger partial charge in [0.15, 0.2) is 0 Å². The van der Waals surface area contributed by atoms with Gasteiger partial charge in [-0.3, -0.25) is 4.90 Å². The third-order valence-corrected chi connectivity index (χ3v) is 3.90. The first-order chi connectivity index (χ1) is 10.0. The Balaban J connectivity index is 2.38. The highest BCUT2D eigenvalue weighted by molar-refractivity contribution is 5.70. The highest BCUT2D eigenvalue weighted by Gasteiger charge is 2.45. The number of amides is 1. The summed E-state index contributed by atoms with van der Waals surface area (Å²) in [5.41, 5.74) is -0.900. The highest BCUT2D eigenvalue weighted by atomic mass is 19.1. The van der Waals surface area contributed by atoms with Gasteiger partial charge in [-0.2, -0.15) is 0 Å². The summed E-state index contributed by atoms with van der Waals surface area (Å²) in [4.78, 5) is 14.1. The van der Waals surface area contributed by atoms with E-state index >= 15 is 0 Å². The van der Waals surface area contributed by atoms with E-state index in [1.54, 1.807) is 20.8 Å². The van der Waals surface area contributed by atoms with Crippen LogP contribution < -0.4 is 0 Å². The maximum Gasteiger partial charge on any atom is 0.411 e. The van der Waals surface area contributed by atoms with Crippen molar-refractivity contribution < 1.29 is 18.3 Å². The molecule has 0 bridgehead atoms. The molecular formula is C17H23F2NO2. The number of hydrogen-bond donors (Lipinski definition) is 0. The Bertz CT molecular complexity index is 579. The molecule has 122 valence electrons. The van der Waals surface area contributed by atoms with Crippen LogP contribution in [0, 0.1) is 11.6 Å². The quantitative estimate of drug-likeness (QED) is 0.744. The minimum absolute atomic E-state index is 0.205. The van der Waals surface area contributed by atoms with Crippen LogP contribution in [-0.2, 0) is 4.74 Å². The van der Waals surface area contributed by atoms with Gasteiger partial charge in [0.05, 0.1) is 6.04 Å². The van der Waals surface area contributed by atoms with Gasteiger partial charge in [-0.1, -0.05) is 0 Å². The molecule has 0 N–H and O–H groups in total. The number of halogens is 2. The normalized spacial score (nSPS) is 21.0. The molecule has 1 saturated heterocycles. The van der Waals surface area contributed by atoms with E-state index in [2.05, 4.69) is 0 Å². The second-order valence-electron chi connectivity index (χ2n) is 7.38. The predicted octanol–water partition coefficient (Wildman–Crippen LogP) is 4.82. The molecule has 1 amide bonds. The molecule has 0 aliphatic carbocycles. The van der Waals surface area contributed by atoms with Crippen LogP contribution in [0.15, 0.2) is 18.2 Å². The number of rotatable bonds is 1. The van der Waals surface area contributed by atoms with E-state index in [1.165, 1.54) is 11.0 Å². The first-order valence-corrected chi connectivity index (χ1v) is 7.48. The lowest BCUT2D eigenvalue weighted by molar-refractivity contribution is 0.00320. The van der Waals surface area contributed by atoms with Gasteiger partial charge in [0.2, 0.25) is 0 Å². The third-order valence-electron chi connectivity index (χ3n) is 3.90. The van der Waals surface area contributed by atoms with Gasteiger partial charge in [0, 0.05) is 11.1 Å². The van der Waals surface area contributed by atoms with Gasteiger partial charge in [-0.15, -0.1) is 0 Å². The van der Waals surface area contributed by atoms with E-state index in [1.807, 2.05) is 13.8 Å². The summed E-state index contributed by atoms with van der Waals surface area (Å²) < 4.78 is 33.0. The molecule has 1 heterocycles. The van der Waals surface area contributed by atoms with Crippen molar-refractivity contribution in [1.29, 1.82) is 0 Å². The van der Waals surface area contributed by atoms with Crippen LogP contribution in [0.4, 0.5) is 13.6 Å². The Morgan fingerprint density at radius 1 is 1.32 bits per heavy atom. The fourth-order valence-electron chi connectivity index (χ4n) is 2.91. The lowest BCUT2D eigenvalue weighted by Crippen LogP contribution is -2.46. The Hall–Kier alpha value is -1.65. The first kappa shape index (κ1) is 16.7. The van der Waals surface area contributed by atoms with Crippen molar-refractivity contribution >= 4 is 6.09 Å². The van der Waals surface area contributed by atoms with Gasteiger partial charge in [-0.05, 0) is 65.7 Å². The number of ether oxygens (including phenoxy) is 1. The van der Waals surface area contributed by atoms with E-state index in [4.69, 9.17) is 4.74 Å². The Morgan fingerprint density at radius 3 is 2.55 bits per heavy atom. The van der Waals surface area contributed by atoms with Gasteiger partial charge in [-0.25, -0.2) is 13.6 Å². The second-order valence-corrected chi connectivity index (χ2v) is 7.38. The van der Waals surface area contributed by atoms with Crippen molar-refractivity contribution in [2.24, 2.45) is 0 Å². The summed E-state index contributed by atoms with van der Waals surface area (Å²) in [6.45, 7) is 9.17. The fraction of sp³-hybridized carbons (Fsp3) is 0.588. The number of carbonyl (C=O) groups is 1. The van der Waals surface area contributed by atoms with E-state index in [0.717, 1.165) is 12.1 Å². The zero-order valence-electron chi connectivity index (χ0n) is 13.7. The molecule has 0 spiro atoms. The zero-order valence-corrected chi connectivity index (χ0v) is 13.7. The van der Waals surface area contributed by atoms with Crippen LogP contribution in [0.1, 0.15) is 59.1 Å². The second kappa shape index (κ2) is 5.52. The summed E-state index contributed by atoms with van der Waals surface area (Å²) in [7, 11) is 0. The lowest BCUT2D eigenvalue weighted by Gasteiger charge is -2.37. The smallest absolute Gasteiger partial charge is 0.411 e. The molecule has 1 aromatic rings. The van der Waals surface area contributed by atoms with Gasteiger partial charge < -0.3 is 4.74 Å². The zero-order chi connectivity index (χ0) is 16.7. The standard InChI is InChI=1S/C17H23F2NO2/c1-16(2,3)22-15(21)20-14(8-9-17(20,4)5)12-10-11(18)6-7-13(12)19/h6-7,10,14H,8-9H2,1-5H3/t14-/m1/s1. The number of nitrogens with zero attached hydrogens (tertiary/aromatic N) is 1. The van der Waals surface area contributed by atoms with Crippen molar-refractivity contribution in [3.8, 4) is 0 Å². The fourth-order valence-corrected chi connectivity index (χ4v) is 2.91. The summed E-state index contributed by atoms with van der Waals surface area (Å²) in [6.07, 6.45) is 0.781. The monoisotopic (exact) mass is 311 g/mol. The molecule has 1 aromatic carbocycles. The molecule has 0 unspecified atom stereocenters. The molecule has 1 aliphatic heterocycles. The highest BCUT2D eigenvalue weighted by Crippen LogP contribution is 2.44. The Labute approximate surface area is 130 Å². The topological polar surface area (TPSA) is 29.5 Å². The van der Waals surface area contributed by atoms with Crippen LogP contribution in [0.3, 0.4) is 0 Å². The van der Waals surface area contributed by atoms with Gasteiger partial charge in [0.25, 0.3) is 0 Å². The average molecular weight is 311 g/mol. The van der Waals surface area contributed by atoms with Gasteiger partial charge >= 0.3 is 6.09 Å². The van der Waals surface area contributed by atoms with E-state index < -0.39 is 34.9 Å². The van der Waals surface area contributed by atoms with Crippen LogP contribution in [0.2, 0.25) is 0 Å². The van der Waals surface area contributed by atoms with Crippen molar-refractivity contribution in [3.63, 3.8) is 0 Å². The summed E-state index contributed by atoms with van der Waals surface area (Å²) in [5, 5.41) is 0. The van der Waals surface area contributed by atoms with E-state index in [0.29, 0.717) is 12.8 Å². The van der Waals surface area contributed by atoms with Crippen LogP contribution in [0.5, 0.6) is 0 Å². The summed E-state index contributed by atoms with van der Waals surface area (Å²) in [5.74, 6) is -1.01. The summed E-state index contributed by atoms with van der Waals surface area (Å²) in [6, 6.07) is 2.83. The van der Waals surface area contributed by atoms with Crippen molar-refractivity contribution in [2.75, 3.05) is 0 Å². The molecule has 1 atom stereocenters. The Kier molecular flexibility index (Phi) is 4.20. The molecule has 3 nitrogen and oxygen atoms in total. The minimum atomic E-state index is -0.638. The average Bonchev–Trinajstić information content (AvgIpc) is 2.66. The molecule has 1 aliphatic rings. The predicted molar refractivity (Wildman–Crippen MR) is 80.5 cm³/mol. The molecule has 0 aromatic heterocycles. The molecule has 5 heteroatoms. The number of carbonyl (C=O) groups excluding carboxylic acids is 1. The van der Waals surface area contributed by atoms with Crippen LogP contribution in [-0.4, -0.2) is 22.1 Å². The van der Waals surface area contributed by atoms with Crippen molar-refractivity contribution in [3.05, 3.63) is 35.4 Å².